The lowest BCUT2D eigenvalue weighted by atomic mass is 10.3. The number of oxazole rings is 1. The molecular formula is C11H12N2O2S. The smallest absolute Gasteiger partial charge is 0.288 e. The second-order valence-corrected chi connectivity index (χ2v) is 5.47. The minimum atomic E-state index is -1.13. The first-order valence-corrected chi connectivity index (χ1v) is 6.53. The summed E-state index contributed by atoms with van der Waals surface area (Å²) in [5.41, 5.74) is 1.48. The lowest BCUT2D eigenvalue weighted by molar-refractivity contribution is 0.475. The fourth-order valence-electron chi connectivity index (χ4n) is 1.89. The Labute approximate surface area is 95.5 Å². The van der Waals surface area contributed by atoms with Crippen molar-refractivity contribution in [1.82, 2.24) is 10.3 Å². The monoisotopic (exact) mass is 236 g/mol. The van der Waals surface area contributed by atoms with Gasteiger partial charge < -0.3 is 9.73 Å². The lowest BCUT2D eigenvalue weighted by Gasteiger charge is -2.02. The van der Waals surface area contributed by atoms with Gasteiger partial charge in [-0.2, -0.15) is 0 Å². The van der Waals surface area contributed by atoms with E-state index in [4.69, 9.17) is 4.42 Å². The van der Waals surface area contributed by atoms with E-state index in [9.17, 15) is 4.21 Å². The normalized spacial score (nSPS) is 22.6. The molecule has 0 saturated carbocycles. The number of nitrogens with one attached hydrogen (secondary N) is 1. The summed E-state index contributed by atoms with van der Waals surface area (Å²) >= 11 is 0. The van der Waals surface area contributed by atoms with E-state index >= 15 is 0 Å². The molecule has 1 aliphatic rings. The van der Waals surface area contributed by atoms with Gasteiger partial charge in [0, 0.05) is 6.54 Å². The van der Waals surface area contributed by atoms with Gasteiger partial charge in [-0.1, -0.05) is 12.1 Å². The molecule has 0 amide bonds. The molecule has 0 bridgehead atoms. The van der Waals surface area contributed by atoms with Crippen LogP contribution in [0.1, 0.15) is 6.42 Å². The summed E-state index contributed by atoms with van der Waals surface area (Å²) in [4.78, 5) is 4.26. The molecule has 1 fully saturated rings. The predicted molar refractivity (Wildman–Crippen MR) is 61.7 cm³/mol. The number of fused-ring (bicyclic) bond motifs is 1. The molecule has 0 radical (unpaired) electrons. The zero-order valence-electron chi connectivity index (χ0n) is 8.68. The standard InChI is InChI=1S/C11H12N2O2S/c14-16(8-5-6-12-7-8)11-13-9-3-1-2-4-10(9)15-11/h1-4,8,12H,5-7H2/t8-,16?/m1/s1. The molecule has 1 unspecified atom stereocenters. The van der Waals surface area contributed by atoms with E-state index in [0.29, 0.717) is 10.8 Å². The van der Waals surface area contributed by atoms with E-state index in [1.165, 1.54) is 0 Å². The maximum Gasteiger partial charge on any atom is 0.288 e. The number of hydrogen-bond donors (Lipinski definition) is 1. The van der Waals surface area contributed by atoms with Gasteiger partial charge in [-0.15, -0.1) is 0 Å². The van der Waals surface area contributed by atoms with E-state index in [2.05, 4.69) is 10.3 Å². The molecule has 1 N–H and O–H groups in total. The highest BCUT2D eigenvalue weighted by molar-refractivity contribution is 7.85. The minimum absolute atomic E-state index is 0.132. The molecule has 0 spiro atoms. The third-order valence-corrected chi connectivity index (χ3v) is 4.29. The molecule has 2 aromatic rings. The molecule has 2 atom stereocenters. The van der Waals surface area contributed by atoms with E-state index < -0.39 is 10.8 Å². The van der Waals surface area contributed by atoms with Crippen LogP contribution in [0.4, 0.5) is 0 Å². The van der Waals surface area contributed by atoms with Gasteiger partial charge in [0.2, 0.25) is 0 Å². The quantitative estimate of drug-likeness (QED) is 0.854. The Balaban J connectivity index is 1.96. The summed E-state index contributed by atoms with van der Waals surface area (Å²) in [7, 11) is -1.13. The lowest BCUT2D eigenvalue weighted by Crippen LogP contribution is -2.18. The molecule has 84 valence electrons. The van der Waals surface area contributed by atoms with Crippen molar-refractivity contribution in [2.45, 2.75) is 16.9 Å². The Morgan fingerprint density at radius 1 is 1.44 bits per heavy atom. The molecule has 1 aromatic carbocycles. The van der Waals surface area contributed by atoms with Crippen LogP contribution in [0.25, 0.3) is 11.1 Å². The molecule has 1 aromatic heterocycles. The summed E-state index contributed by atoms with van der Waals surface area (Å²) in [6, 6.07) is 7.49. The summed E-state index contributed by atoms with van der Waals surface area (Å²) in [6.45, 7) is 1.71. The minimum Gasteiger partial charge on any atom is -0.430 e. The van der Waals surface area contributed by atoms with Crippen molar-refractivity contribution in [3.63, 3.8) is 0 Å². The summed E-state index contributed by atoms with van der Waals surface area (Å²) in [5.74, 6) is 0. The van der Waals surface area contributed by atoms with Gasteiger partial charge in [0.15, 0.2) is 5.58 Å². The molecule has 16 heavy (non-hydrogen) atoms. The molecular weight excluding hydrogens is 224 g/mol. The van der Waals surface area contributed by atoms with Crippen molar-refractivity contribution in [3.05, 3.63) is 24.3 Å². The third-order valence-electron chi connectivity index (χ3n) is 2.76. The molecule has 1 saturated heterocycles. The second kappa shape index (κ2) is 3.99. The van der Waals surface area contributed by atoms with Crippen LogP contribution in [0.2, 0.25) is 0 Å². The van der Waals surface area contributed by atoms with Gasteiger partial charge in [0.1, 0.15) is 16.3 Å². The average Bonchev–Trinajstić information content (AvgIpc) is 2.97. The van der Waals surface area contributed by atoms with Crippen molar-refractivity contribution in [3.8, 4) is 0 Å². The molecule has 3 rings (SSSR count). The van der Waals surface area contributed by atoms with Crippen molar-refractivity contribution in [1.29, 1.82) is 0 Å². The fourth-order valence-corrected chi connectivity index (χ4v) is 3.14. The van der Waals surface area contributed by atoms with Crippen LogP contribution in [-0.4, -0.2) is 27.5 Å². The number of nitrogens with zero attached hydrogens (tertiary/aromatic N) is 1. The van der Waals surface area contributed by atoms with Gasteiger partial charge in [-0.25, -0.2) is 9.19 Å². The van der Waals surface area contributed by atoms with Crippen LogP contribution in [0.3, 0.4) is 0 Å². The van der Waals surface area contributed by atoms with Gasteiger partial charge in [-0.3, -0.25) is 0 Å². The number of hydrogen-bond acceptors (Lipinski definition) is 4. The zero-order chi connectivity index (χ0) is 11.0. The highest BCUT2D eigenvalue weighted by atomic mass is 32.2. The van der Waals surface area contributed by atoms with Gasteiger partial charge >= 0.3 is 0 Å². The van der Waals surface area contributed by atoms with Crippen LogP contribution in [0, 0.1) is 0 Å². The first-order valence-electron chi connectivity index (χ1n) is 5.31. The topological polar surface area (TPSA) is 55.1 Å². The van der Waals surface area contributed by atoms with E-state index in [-0.39, 0.29) is 5.25 Å². The van der Waals surface area contributed by atoms with Crippen LogP contribution in [0.15, 0.2) is 33.9 Å². The summed E-state index contributed by atoms with van der Waals surface area (Å²) < 4.78 is 17.6. The van der Waals surface area contributed by atoms with Crippen molar-refractivity contribution >= 4 is 21.9 Å². The van der Waals surface area contributed by atoms with Crippen LogP contribution in [-0.2, 0) is 10.8 Å². The van der Waals surface area contributed by atoms with Crippen molar-refractivity contribution in [2.24, 2.45) is 0 Å². The molecule has 4 nitrogen and oxygen atoms in total. The first kappa shape index (κ1) is 9.99. The van der Waals surface area contributed by atoms with E-state index in [1.54, 1.807) is 0 Å². The second-order valence-electron chi connectivity index (χ2n) is 3.86. The zero-order valence-corrected chi connectivity index (χ0v) is 9.50. The third kappa shape index (κ3) is 1.66. The Morgan fingerprint density at radius 3 is 3.06 bits per heavy atom. The van der Waals surface area contributed by atoms with Crippen molar-refractivity contribution < 1.29 is 8.63 Å². The van der Waals surface area contributed by atoms with Gasteiger partial charge in [0.25, 0.3) is 5.22 Å². The Morgan fingerprint density at radius 2 is 2.31 bits per heavy atom. The SMILES string of the molecule is O=S(c1nc2ccccc2o1)[C@@H]1CCNC1. The largest absolute Gasteiger partial charge is 0.430 e. The Kier molecular flexibility index (Phi) is 2.49. The summed E-state index contributed by atoms with van der Waals surface area (Å²) in [6.07, 6.45) is 0.922. The number of rotatable bonds is 2. The van der Waals surface area contributed by atoms with E-state index in [1.807, 2.05) is 24.3 Å². The average molecular weight is 236 g/mol. The Bertz CT molecular complexity index is 499. The molecule has 5 heteroatoms. The predicted octanol–water partition coefficient (Wildman–Crippen LogP) is 1.30. The van der Waals surface area contributed by atoms with Gasteiger partial charge in [-0.05, 0) is 25.1 Å². The molecule has 0 aliphatic carbocycles. The number of aromatic nitrogens is 1. The van der Waals surface area contributed by atoms with Crippen molar-refractivity contribution in [2.75, 3.05) is 13.1 Å². The van der Waals surface area contributed by atoms with Gasteiger partial charge in [0.05, 0.1) is 5.25 Å². The number of benzene rings is 1. The van der Waals surface area contributed by atoms with E-state index in [0.717, 1.165) is 25.0 Å². The first-order chi connectivity index (χ1) is 7.84. The molecule has 2 heterocycles. The Hall–Kier alpha value is -1.20. The maximum absolute atomic E-state index is 12.1. The fraction of sp³-hybridized carbons (Fsp3) is 0.364. The number of para-hydroxylation sites is 2. The van der Waals surface area contributed by atoms with Crippen LogP contribution < -0.4 is 5.32 Å². The van der Waals surface area contributed by atoms with Crippen LogP contribution >= 0.6 is 0 Å². The van der Waals surface area contributed by atoms with Crippen LogP contribution in [0.5, 0.6) is 0 Å². The maximum atomic E-state index is 12.1. The summed E-state index contributed by atoms with van der Waals surface area (Å²) in [5, 5.41) is 3.68. The molecule has 1 aliphatic heterocycles. The highest BCUT2D eigenvalue weighted by Gasteiger charge is 2.25. The highest BCUT2D eigenvalue weighted by Crippen LogP contribution is 2.20.